The van der Waals surface area contributed by atoms with Crippen molar-refractivity contribution in [3.05, 3.63) is 84.2 Å². The molecule has 0 radical (unpaired) electrons. The lowest BCUT2D eigenvalue weighted by molar-refractivity contribution is -0.127. The van der Waals surface area contributed by atoms with Crippen LogP contribution in [-0.2, 0) is 4.79 Å². The molecule has 28 heavy (non-hydrogen) atoms. The Morgan fingerprint density at radius 1 is 0.893 bits per heavy atom. The van der Waals surface area contributed by atoms with E-state index >= 15 is 0 Å². The van der Waals surface area contributed by atoms with Gasteiger partial charge in [0.25, 0.3) is 0 Å². The first-order chi connectivity index (χ1) is 13.7. The lowest BCUT2D eigenvalue weighted by Gasteiger charge is -2.33. The lowest BCUT2D eigenvalue weighted by atomic mass is 10.1. The molecule has 1 fully saturated rings. The SMILES string of the molecule is O=C(/C=C/c1ccc(F)cc1)N1CCN(Sc2ccc3ccccc3c2)CC1. The van der Waals surface area contributed by atoms with Gasteiger partial charge in [-0.15, -0.1) is 0 Å². The van der Waals surface area contributed by atoms with Gasteiger partial charge < -0.3 is 4.90 Å². The van der Waals surface area contributed by atoms with Crippen LogP contribution in [0.1, 0.15) is 5.56 Å². The molecule has 1 amide bonds. The summed E-state index contributed by atoms with van der Waals surface area (Å²) in [4.78, 5) is 15.5. The number of carbonyl (C=O) groups is 1. The fourth-order valence-electron chi connectivity index (χ4n) is 3.22. The summed E-state index contributed by atoms with van der Waals surface area (Å²) < 4.78 is 15.2. The number of fused-ring (bicyclic) bond motifs is 1. The Kier molecular flexibility index (Phi) is 5.74. The van der Waals surface area contributed by atoms with Crippen LogP contribution in [0.4, 0.5) is 4.39 Å². The Morgan fingerprint density at radius 2 is 1.61 bits per heavy atom. The van der Waals surface area contributed by atoms with E-state index in [4.69, 9.17) is 0 Å². The second-order valence-corrected chi connectivity index (χ2v) is 7.91. The number of hydrogen-bond donors (Lipinski definition) is 0. The molecule has 3 nitrogen and oxygen atoms in total. The van der Waals surface area contributed by atoms with Crippen LogP contribution in [0, 0.1) is 5.82 Å². The summed E-state index contributed by atoms with van der Waals surface area (Å²) in [5.41, 5.74) is 0.820. The minimum absolute atomic E-state index is 0.000296. The minimum atomic E-state index is -0.275. The highest BCUT2D eigenvalue weighted by Crippen LogP contribution is 2.27. The van der Waals surface area contributed by atoms with Gasteiger partial charge in [-0.05, 0) is 58.6 Å². The molecule has 0 unspecified atom stereocenters. The number of amides is 1. The molecule has 5 heteroatoms. The third-order valence-electron chi connectivity index (χ3n) is 4.79. The summed E-state index contributed by atoms with van der Waals surface area (Å²) in [6.07, 6.45) is 3.30. The zero-order valence-electron chi connectivity index (χ0n) is 15.4. The first-order valence-electron chi connectivity index (χ1n) is 9.32. The van der Waals surface area contributed by atoms with Crippen molar-refractivity contribution in [2.45, 2.75) is 4.90 Å². The highest BCUT2D eigenvalue weighted by atomic mass is 32.2. The van der Waals surface area contributed by atoms with Crippen LogP contribution in [-0.4, -0.2) is 41.3 Å². The smallest absolute Gasteiger partial charge is 0.246 e. The number of hydrogen-bond acceptors (Lipinski definition) is 3. The second-order valence-electron chi connectivity index (χ2n) is 6.74. The van der Waals surface area contributed by atoms with Gasteiger partial charge in [0.05, 0.1) is 0 Å². The molecule has 0 spiro atoms. The van der Waals surface area contributed by atoms with Gasteiger partial charge in [-0.1, -0.05) is 42.5 Å². The van der Waals surface area contributed by atoms with E-state index in [2.05, 4.69) is 46.8 Å². The highest BCUT2D eigenvalue weighted by molar-refractivity contribution is 7.97. The number of piperazine rings is 1. The van der Waals surface area contributed by atoms with E-state index in [0.717, 1.165) is 18.7 Å². The van der Waals surface area contributed by atoms with Gasteiger partial charge in [0.1, 0.15) is 5.82 Å². The average molecular weight is 392 g/mol. The largest absolute Gasteiger partial charge is 0.337 e. The Bertz CT molecular complexity index is 995. The summed E-state index contributed by atoms with van der Waals surface area (Å²) in [5.74, 6) is -0.275. The molecule has 0 aliphatic carbocycles. The summed E-state index contributed by atoms with van der Waals surface area (Å²) >= 11 is 1.75. The Hall–Kier alpha value is -2.63. The maximum atomic E-state index is 12.9. The third kappa shape index (κ3) is 4.61. The molecule has 1 aliphatic rings. The molecule has 3 aromatic carbocycles. The predicted molar refractivity (Wildman–Crippen MR) is 113 cm³/mol. The van der Waals surface area contributed by atoms with E-state index in [1.165, 1.54) is 27.8 Å². The molecule has 0 aromatic heterocycles. The minimum Gasteiger partial charge on any atom is -0.337 e. The van der Waals surface area contributed by atoms with E-state index < -0.39 is 0 Å². The highest BCUT2D eigenvalue weighted by Gasteiger charge is 2.20. The summed E-state index contributed by atoms with van der Waals surface area (Å²) in [6.45, 7) is 3.06. The van der Waals surface area contributed by atoms with E-state index in [-0.39, 0.29) is 11.7 Å². The number of carbonyl (C=O) groups excluding carboxylic acids is 1. The fraction of sp³-hybridized carbons (Fsp3) is 0.174. The maximum Gasteiger partial charge on any atom is 0.246 e. The van der Waals surface area contributed by atoms with Crippen LogP contribution >= 0.6 is 11.9 Å². The molecular weight excluding hydrogens is 371 g/mol. The molecular formula is C23H21FN2OS. The topological polar surface area (TPSA) is 23.6 Å². The molecule has 3 aromatic rings. The predicted octanol–water partition coefficient (Wildman–Crippen LogP) is 4.84. The average Bonchev–Trinajstić information content (AvgIpc) is 2.73. The number of halogens is 1. The van der Waals surface area contributed by atoms with Crippen molar-refractivity contribution in [2.24, 2.45) is 0 Å². The second kappa shape index (κ2) is 8.59. The maximum absolute atomic E-state index is 12.9. The fourth-order valence-corrected chi connectivity index (χ4v) is 4.17. The molecule has 1 aliphatic heterocycles. The summed E-state index contributed by atoms with van der Waals surface area (Å²) in [7, 11) is 0. The van der Waals surface area contributed by atoms with Gasteiger partial charge >= 0.3 is 0 Å². The molecule has 4 rings (SSSR count). The lowest BCUT2D eigenvalue weighted by Crippen LogP contribution is -2.45. The van der Waals surface area contributed by atoms with Crippen molar-refractivity contribution in [2.75, 3.05) is 26.2 Å². The van der Waals surface area contributed by atoms with E-state index in [0.29, 0.717) is 13.1 Å². The van der Waals surface area contributed by atoms with Crippen molar-refractivity contribution in [3.63, 3.8) is 0 Å². The van der Waals surface area contributed by atoms with Crippen LogP contribution in [0.5, 0.6) is 0 Å². The van der Waals surface area contributed by atoms with Gasteiger partial charge in [0, 0.05) is 37.2 Å². The van der Waals surface area contributed by atoms with Gasteiger partial charge in [-0.3, -0.25) is 4.79 Å². The standard InChI is InChI=1S/C23H21FN2OS/c24-21-9-5-18(6-10-21)7-12-23(27)25-13-15-26(16-14-25)28-22-11-8-19-3-1-2-4-20(19)17-22/h1-12,17H,13-16H2/b12-7+. The van der Waals surface area contributed by atoms with Crippen LogP contribution < -0.4 is 0 Å². The van der Waals surface area contributed by atoms with E-state index in [1.54, 1.807) is 36.2 Å². The number of nitrogens with zero attached hydrogens (tertiary/aromatic N) is 2. The van der Waals surface area contributed by atoms with Gasteiger partial charge in [-0.2, -0.15) is 0 Å². The van der Waals surface area contributed by atoms with Crippen LogP contribution in [0.25, 0.3) is 16.8 Å². The molecule has 0 bridgehead atoms. The third-order valence-corrected chi connectivity index (χ3v) is 5.88. The van der Waals surface area contributed by atoms with Gasteiger partial charge in [0.2, 0.25) is 5.91 Å². The summed E-state index contributed by atoms with van der Waals surface area (Å²) in [6, 6.07) is 21.0. The quantitative estimate of drug-likeness (QED) is 0.469. The van der Waals surface area contributed by atoms with Crippen molar-refractivity contribution >= 4 is 34.7 Å². The zero-order valence-corrected chi connectivity index (χ0v) is 16.2. The molecule has 142 valence electrons. The molecule has 0 atom stereocenters. The Morgan fingerprint density at radius 3 is 2.36 bits per heavy atom. The van der Waals surface area contributed by atoms with E-state index in [1.807, 2.05) is 4.90 Å². The molecule has 0 N–H and O–H groups in total. The van der Waals surface area contributed by atoms with Crippen molar-refractivity contribution < 1.29 is 9.18 Å². The van der Waals surface area contributed by atoms with Gasteiger partial charge in [-0.25, -0.2) is 8.70 Å². The van der Waals surface area contributed by atoms with Crippen molar-refractivity contribution in [1.29, 1.82) is 0 Å². The van der Waals surface area contributed by atoms with Crippen LogP contribution in [0.15, 0.2) is 77.7 Å². The van der Waals surface area contributed by atoms with Gasteiger partial charge in [0.15, 0.2) is 0 Å². The Labute approximate surface area is 168 Å². The van der Waals surface area contributed by atoms with Crippen LogP contribution in [0.3, 0.4) is 0 Å². The monoisotopic (exact) mass is 392 g/mol. The van der Waals surface area contributed by atoms with E-state index in [9.17, 15) is 9.18 Å². The van der Waals surface area contributed by atoms with Crippen molar-refractivity contribution in [1.82, 2.24) is 9.21 Å². The first kappa shape index (κ1) is 18.7. The Balaban J connectivity index is 1.31. The number of benzene rings is 3. The normalized spacial score (nSPS) is 15.4. The zero-order chi connectivity index (χ0) is 19.3. The molecule has 1 heterocycles. The first-order valence-corrected chi connectivity index (χ1v) is 10.1. The summed E-state index contributed by atoms with van der Waals surface area (Å²) in [5, 5.41) is 2.49. The molecule has 1 saturated heterocycles. The van der Waals surface area contributed by atoms with Crippen LogP contribution in [0.2, 0.25) is 0 Å². The van der Waals surface area contributed by atoms with Crippen molar-refractivity contribution in [3.8, 4) is 0 Å². The molecule has 0 saturated carbocycles. The number of rotatable bonds is 4.